The summed E-state index contributed by atoms with van der Waals surface area (Å²) in [7, 11) is -3.37. The maximum absolute atomic E-state index is 12.4. The van der Waals surface area contributed by atoms with E-state index < -0.39 is 10.0 Å². The number of rotatable bonds is 4. The van der Waals surface area contributed by atoms with Crippen molar-refractivity contribution in [1.29, 1.82) is 0 Å². The van der Waals surface area contributed by atoms with Gasteiger partial charge in [-0.3, -0.25) is 9.52 Å². The zero-order chi connectivity index (χ0) is 16.4. The molecule has 0 spiro atoms. The van der Waals surface area contributed by atoms with Gasteiger partial charge in [0, 0.05) is 18.7 Å². The fourth-order valence-corrected chi connectivity index (χ4v) is 2.85. The van der Waals surface area contributed by atoms with Gasteiger partial charge in [-0.25, -0.2) is 13.1 Å². The summed E-state index contributed by atoms with van der Waals surface area (Å²) in [4.78, 5) is 12.4. The Labute approximate surface area is 133 Å². The maximum Gasteiger partial charge on any atom is 0.262 e. The Balaban J connectivity index is 1.78. The van der Waals surface area contributed by atoms with Gasteiger partial charge in [-0.05, 0) is 18.2 Å². The molecule has 0 radical (unpaired) electrons. The molecule has 0 unspecified atom stereocenters. The molecule has 0 saturated heterocycles. The minimum atomic E-state index is -3.37. The molecule has 122 valence electrons. The number of ether oxygens (including phenoxy) is 1. The Bertz CT molecular complexity index is 844. The number of carbonyl (C=O) groups is 1. The van der Waals surface area contributed by atoms with Crippen LogP contribution in [0, 0.1) is 0 Å². The fraction of sp³-hybridized carbons (Fsp3) is 0.286. The highest BCUT2D eigenvalue weighted by Crippen LogP contribution is 2.24. The Kier molecular flexibility index (Phi) is 3.95. The van der Waals surface area contributed by atoms with Crippen molar-refractivity contribution in [3.05, 3.63) is 36.0 Å². The predicted octanol–water partition coefficient (Wildman–Crippen LogP) is 1.29. The van der Waals surface area contributed by atoms with Crippen LogP contribution >= 0.6 is 0 Å². The molecule has 1 aromatic carbocycles. The monoisotopic (exact) mass is 336 g/mol. The van der Waals surface area contributed by atoms with E-state index in [4.69, 9.17) is 4.74 Å². The number of aromatic nitrogens is 2. The van der Waals surface area contributed by atoms with Crippen molar-refractivity contribution in [2.45, 2.75) is 13.0 Å². The number of hydrogen-bond donors (Lipinski definition) is 2. The van der Waals surface area contributed by atoms with Gasteiger partial charge >= 0.3 is 0 Å². The lowest BCUT2D eigenvalue weighted by Crippen LogP contribution is -2.18. The van der Waals surface area contributed by atoms with Crippen molar-refractivity contribution in [3.63, 3.8) is 0 Å². The molecule has 9 heteroatoms. The first-order chi connectivity index (χ1) is 10.9. The molecule has 0 saturated carbocycles. The molecule has 8 nitrogen and oxygen atoms in total. The number of benzene rings is 1. The Hall–Kier alpha value is -2.55. The summed E-state index contributed by atoms with van der Waals surface area (Å²) in [5.74, 6) is 0.101. The third kappa shape index (κ3) is 3.62. The average molecular weight is 336 g/mol. The van der Waals surface area contributed by atoms with E-state index in [9.17, 15) is 13.2 Å². The molecule has 23 heavy (non-hydrogen) atoms. The molecule has 1 aliphatic rings. The number of fused-ring (bicyclic) bond motifs is 1. The SMILES string of the molecule is CS(=O)(=O)Nc1cccc(NC(=O)c2cnn3c2OCCC3)c1. The quantitative estimate of drug-likeness (QED) is 0.876. The summed E-state index contributed by atoms with van der Waals surface area (Å²) in [5, 5.41) is 6.84. The Morgan fingerprint density at radius 3 is 2.91 bits per heavy atom. The van der Waals surface area contributed by atoms with Crippen LogP contribution in [0.15, 0.2) is 30.5 Å². The smallest absolute Gasteiger partial charge is 0.262 e. The van der Waals surface area contributed by atoms with E-state index in [-0.39, 0.29) is 5.91 Å². The highest BCUT2D eigenvalue weighted by atomic mass is 32.2. The largest absolute Gasteiger partial charge is 0.477 e. The Morgan fingerprint density at radius 2 is 2.13 bits per heavy atom. The average Bonchev–Trinajstić information content (AvgIpc) is 2.89. The summed E-state index contributed by atoms with van der Waals surface area (Å²) in [6.07, 6.45) is 3.39. The van der Waals surface area contributed by atoms with Gasteiger partial charge in [-0.15, -0.1) is 0 Å². The van der Waals surface area contributed by atoms with Gasteiger partial charge in [0.15, 0.2) is 0 Å². The lowest BCUT2D eigenvalue weighted by atomic mass is 10.2. The molecule has 2 heterocycles. The van der Waals surface area contributed by atoms with E-state index in [2.05, 4.69) is 15.1 Å². The first-order valence-electron chi connectivity index (χ1n) is 7.00. The predicted molar refractivity (Wildman–Crippen MR) is 85.2 cm³/mol. The molecule has 0 atom stereocenters. The number of nitrogens with one attached hydrogen (secondary N) is 2. The van der Waals surface area contributed by atoms with Gasteiger partial charge in [0.25, 0.3) is 5.91 Å². The van der Waals surface area contributed by atoms with Crippen LogP contribution in [0.1, 0.15) is 16.8 Å². The van der Waals surface area contributed by atoms with Crippen LogP contribution in [0.2, 0.25) is 0 Å². The summed E-state index contributed by atoms with van der Waals surface area (Å²) >= 11 is 0. The summed E-state index contributed by atoms with van der Waals surface area (Å²) in [5.41, 5.74) is 1.20. The van der Waals surface area contributed by atoms with E-state index in [1.807, 2.05) is 0 Å². The van der Waals surface area contributed by atoms with Gasteiger partial charge in [0.1, 0.15) is 5.56 Å². The van der Waals surface area contributed by atoms with Crippen molar-refractivity contribution in [1.82, 2.24) is 9.78 Å². The van der Waals surface area contributed by atoms with E-state index in [1.165, 1.54) is 12.3 Å². The molecular formula is C14H16N4O4S. The van der Waals surface area contributed by atoms with Crippen molar-refractivity contribution in [3.8, 4) is 5.88 Å². The van der Waals surface area contributed by atoms with Crippen molar-refractivity contribution >= 4 is 27.3 Å². The van der Waals surface area contributed by atoms with Crippen LogP contribution in [0.4, 0.5) is 11.4 Å². The van der Waals surface area contributed by atoms with Gasteiger partial charge < -0.3 is 10.1 Å². The van der Waals surface area contributed by atoms with E-state index in [0.29, 0.717) is 29.4 Å². The number of nitrogens with zero attached hydrogens (tertiary/aromatic N) is 2. The molecule has 0 aliphatic carbocycles. The molecule has 2 N–H and O–H groups in total. The van der Waals surface area contributed by atoms with Crippen LogP contribution in [0.25, 0.3) is 0 Å². The number of sulfonamides is 1. The summed E-state index contributed by atoms with van der Waals surface area (Å²) in [6.45, 7) is 1.27. The van der Waals surface area contributed by atoms with Crippen molar-refractivity contribution < 1.29 is 17.9 Å². The van der Waals surface area contributed by atoms with Gasteiger partial charge in [-0.2, -0.15) is 5.10 Å². The minimum Gasteiger partial charge on any atom is -0.477 e. The standard InChI is InChI=1S/C14H16N4O4S/c1-23(20,21)17-11-5-2-4-10(8-11)16-13(19)12-9-15-18-6-3-7-22-14(12)18/h2,4-5,8-9,17H,3,6-7H2,1H3,(H,16,19). The van der Waals surface area contributed by atoms with Crippen LogP contribution in [-0.4, -0.2) is 37.0 Å². The molecule has 0 bridgehead atoms. The lowest BCUT2D eigenvalue weighted by molar-refractivity contribution is 0.102. The number of anilines is 2. The Morgan fingerprint density at radius 1 is 1.35 bits per heavy atom. The number of hydrogen-bond acceptors (Lipinski definition) is 5. The molecular weight excluding hydrogens is 320 g/mol. The van der Waals surface area contributed by atoms with Gasteiger partial charge in [0.2, 0.25) is 15.9 Å². The molecule has 3 rings (SSSR count). The van der Waals surface area contributed by atoms with Gasteiger partial charge in [-0.1, -0.05) is 6.07 Å². The second-order valence-electron chi connectivity index (χ2n) is 5.20. The second kappa shape index (κ2) is 5.92. The van der Waals surface area contributed by atoms with E-state index in [1.54, 1.807) is 22.9 Å². The third-order valence-corrected chi connectivity index (χ3v) is 3.82. The minimum absolute atomic E-state index is 0.353. The first kappa shape index (κ1) is 15.3. The van der Waals surface area contributed by atoms with Crippen molar-refractivity contribution in [2.75, 3.05) is 22.9 Å². The summed E-state index contributed by atoms with van der Waals surface area (Å²) < 4.78 is 32.0. The fourth-order valence-electron chi connectivity index (χ4n) is 2.30. The lowest BCUT2D eigenvalue weighted by Gasteiger charge is -2.16. The van der Waals surface area contributed by atoms with Crippen molar-refractivity contribution in [2.24, 2.45) is 0 Å². The zero-order valence-electron chi connectivity index (χ0n) is 12.4. The molecule has 1 aromatic heterocycles. The first-order valence-corrected chi connectivity index (χ1v) is 8.89. The topological polar surface area (TPSA) is 102 Å². The third-order valence-electron chi connectivity index (χ3n) is 3.21. The molecule has 1 aliphatic heterocycles. The molecule has 0 fully saturated rings. The molecule has 2 aromatic rings. The van der Waals surface area contributed by atoms with Crippen LogP contribution < -0.4 is 14.8 Å². The highest BCUT2D eigenvalue weighted by Gasteiger charge is 2.21. The zero-order valence-corrected chi connectivity index (χ0v) is 13.3. The number of carbonyl (C=O) groups excluding carboxylic acids is 1. The van der Waals surface area contributed by atoms with Crippen LogP contribution in [0.3, 0.4) is 0 Å². The maximum atomic E-state index is 12.4. The molecule has 1 amide bonds. The second-order valence-corrected chi connectivity index (χ2v) is 6.95. The van der Waals surface area contributed by atoms with Gasteiger partial charge in [0.05, 0.1) is 24.7 Å². The van der Waals surface area contributed by atoms with E-state index in [0.717, 1.165) is 19.2 Å². The van der Waals surface area contributed by atoms with Crippen LogP contribution in [0.5, 0.6) is 5.88 Å². The summed E-state index contributed by atoms with van der Waals surface area (Å²) in [6, 6.07) is 6.45. The number of aryl methyl sites for hydroxylation is 1. The normalized spacial score (nSPS) is 13.8. The van der Waals surface area contributed by atoms with Crippen LogP contribution in [-0.2, 0) is 16.6 Å². The highest BCUT2D eigenvalue weighted by molar-refractivity contribution is 7.92. The number of amides is 1. The van der Waals surface area contributed by atoms with E-state index >= 15 is 0 Å².